The van der Waals surface area contributed by atoms with E-state index < -0.39 is 0 Å². The van der Waals surface area contributed by atoms with Gasteiger partial charge in [-0.2, -0.15) is 0 Å². The first-order valence-electron chi connectivity index (χ1n) is 7.47. The molecule has 1 aromatic carbocycles. The molecule has 1 aromatic heterocycles. The predicted molar refractivity (Wildman–Crippen MR) is 83.6 cm³/mol. The fourth-order valence-corrected chi connectivity index (χ4v) is 2.53. The predicted octanol–water partition coefficient (Wildman–Crippen LogP) is 2.70. The second-order valence-corrected chi connectivity index (χ2v) is 5.12. The minimum absolute atomic E-state index is 0.0337. The molecule has 0 aliphatic carbocycles. The van der Waals surface area contributed by atoms with Crippen molar-refractivity contribution in [2.24, 2.45) is 0 Å². The molecule has 0 saturated carbocycles. The summed E-state index contributed by atoms with van der Waals surface area (Å²) in [5, 5.41) is 11.8. The summed E-state index contributed by atoms with van der Waals surface area (Å²) >= 11 is 0. The van der Waals surface area contributed by atoms with Crippen LogP contribution in [0.5, 0.6) is 5.75 Å². The van der Waals surface area contributed by atoms with Gasteiger partial charge in [-0.05, 0) is 26.0 Å². The van der Waals surface area contributed by atoms with E-state index in [2.05, 4.69) is 48.5 Å². The Bertz CT molecular complexity index is 579. The summed E-state index contributed by atoms with van der Waals surface area (Å²) in [6, 6.07) is 6.28. The second kappa shape index (κ2) is 7.22. The molecule has 0 bridgehead atoms. The molecule has 0 aliphatic rings. The smallest absolute Gasteiger partial charge is 0.124 e. The first kappa shape index (κ1) is 15.5. The Balaban J connectivity index is 2.47. The molecule has 2 aromatic rings. The van der Waals surface area contributed by atoms with Gasteiger partial charge in [-0.15, -0.1) is 5.10 Å². The van der Waals surface area contributed by atoms with E-state index in [1.54, 1.807) is 7.11 Å². The Kier molecular flexibility index (Phi) is 5.33. The lowest BCUT2D eigenvalue weighted by Gasteiger charge is -2.21. The molecule has 5 heteroatoms. The van der Waals surface area contributed by atoms with Gasteiger partial charge in [0.15, 0.2) is 0 Å². The summed E-state index contributed by atoms with van der Waals surface area (Å²) in [7, 11) is 1.71. The molecule has 0 radical (unpaired) electrons. The third-order valence-corrected chi connectivity index (χ3v) is 3.48. The zero-order valence-corrected chi connectivity index (χ0v) is 13.3. The van der Waals surface area contributed by atoms with E-state index in [1.807, 2.05) is 16.9 Å². The second-order valence-electron chi connectivity index (χ2n) is 5.12. The van der Waals surface area contributed by atoms with Crippen LogP contribution in [0.25, 0.3) is 0 Å². The van der Waals surface area contributed by atoms with Gasteiger partial charge in [-0.25, -0.2) is 4.68 Å². The summed E-state index contributed by atoms with van der Waals surface area (Å²) in [6.07, 6.45) is 2.87. The van der Waals surface area contributed by atoms with Gasteiger partial charge >= 0.3 is 0 Å². The van der Waals surface area contributed by atoms with Crippen molar-refractivity contribution in [3.8, 4) is 5.75 Å². The van der Waals surface area contributed by atoms with Crippen LogP contribution in [-0.2, 0) is 6.54 Å². The molecule has 0 amide bonds. The number of aryl methyl sites for hydroxylation is 2. The lowest BCUT2D eigenvalue weighted by atomic mass is 10.0. The van der Waals surface area contributed by atoms with Gasteiger partial charge in [-0.1, -0.05) is 36.8 Å². The van der Waals surface area contributed by atoms with Crippen molar-refractivity contribution in [1.82, 2.24) is 20.3 Å². The van der Waals surface area contributed by atoms with Crippen LogP contribution < -0.4 is 10.1 Å². The Labute approximate surface area is 126 Å². The number of ether oxygens (including phenoxy) is 1. The van der Waals surface area contributed by atoms with Gasteiger partial charge < -0.3 is 10.1 Å². The number of nitrogens with one attached hydrogen (secondary N) is 1. The Morgan fingerprint density at radius 2 is 2.14 bits per heavy atom. The van der Waals surface area contributed by atoms with Crippen LogP contribution in [0, 0.1) is 6.92 Å². The quantitative estimate of drug-likeness (QED) is 0.851. The Hall–Kier alpha value is -1.88. The van der Waals surface area contributed by atoms with Crippen LogP contribution in [0.2, 0.25) is 0 Å². The molecule has 0 saturated heterocycles. The summed E-state index contributed by atoms with van der Waals surface area (Å²) in [5.74, 6) is 0.885. The third-order valence-electron chi connectivity index (χ3n) is 3.48. The fourth-order valence-electron chi connectivity index (χ4n) is 2.53. The first-order chi connectivity index (χ1) is 10.2. The van der Waals surface area contributed by atoms with Gasteiger partial charge in [0.1, 0.15) is 5.75 Å². The fraction of sp³-hybridized carbons (Fsp3) is 0.500. The van der Waals surface area contributed by atoms with Crippen LogP contribution in [0.15, 0.2) is 24.4 Å². The van der Waals surface area contributed by atoms with Crippen molar-refractivity contribution < 1.29 is 4.74 Å². The minimum atomic E-state index is 0.0337. The normalized spacial score (nSPS) is 12.4. The molecule has 1 unspecified atom stereocenters. The number of nitrogens with zero attached hydrogens (tertiary/aromatic N) is 3. The van der Waals surface area contributed by atoms with E-state index in [4.69, 9.17) is 4.74 Å². The van der Waals surface area contributed by atoms with E-state index in [9.17, 15) is 0 Å². The van der Waals surface area contributed by atoms with Gasteiger partial charge in [0.05, 0.1) is 25.0 Å². The maximum atomic E-state index is 5.54. The maximum Gasteiger partial charge on any atom is 0.124 e. The van der Waals surface area contributed by atoms with E-state index in [1.165, 1.54) is 5.56 Å². The van der Waals surface area contributed by atoms with Crippen molar-refractivity contribution in [1.29, 1.82) is 0 Å². The summed E-state index contributed by atoms with van der Waals surface area (Å²) in [5.41, 5.74) is 3.41. The Morgan fingerprint density at radius 1 is 1.33 bits per heavy atom. The lowest BCUT2D eigenvalue weighted by molar-refractivity contribution is 0.401. The molecule has 0 fully saturated rings. The topological polar surface area (TPSA) is 52.0 Å². The van der Waals surface area contributed by atoms with Gasteiger partial charge in [0.2, 0.25) is 0 Å². The third kappa shape index (κ3) is 3.42. The van der Waals surface area contributed by atoms with Crippen molar-refractivity contribution in [2.75, 3.05) is 13.7 Å². The average molecular weight is 288 g/mol. The molecule has 0 spiro atoms. The average Bonchev–Trinajstić information content (AvgIpc) is 2.93. The summed E-state index contributed by atoms with van der Waals surface area (Å²) < 4.78 is 7.50. The first-order valence-corrected chi connectivity index (χ1v) is 7.47. The van der Waals surface area contributed by atoms with Crippen LogP contribution in [-0.4, -0.2) is 28.6 Å². The number of hydrogen-bond acceptors (Lipinski definition) is 4. The van der Waals surface area contributed by atoms with Gasteiger partial charge in [0, 0.05) is 12.1 Å². The molecule has 2 rings (SSSR count). The minimum Gasteiger partial charge on any atom is -0.496 e. The van der Waals surface area contributed by atoms with Crippen molar-refractivity contribution >= 4 is 0 Å². The van der Waals surface area contributed by atoms with Crippen LogP contribution in [0.1, 0.15) is 43.1 Å². The molecule has 1 heterocycles. The standard InChI is InChI=1S/C16H24N4O/c1-5-9-20-14(11-18-19-20)16(17-6-2)13-10-12(3)7-8-15(13)21-4/h7-8,10-11,16-17H,5-6,9H2,1-4H3. The molecule has 0 aliphatic heterocycles. The highest BCUT2D eigenvalue weighted by Crippen LogP contribution is 2.30. The molecule has 1 N–H and O–H groups in total. The van der Waals surface area contributed by atoms with Gasteiger partial charge in [0.25, 0.3) is 0 Å². The highest BCUT2D eigenvalue weighted by molar-refractivity contribution is 5.42. The molecule has 21 heavy (non-hydrogen) atoms. The maximum absolute atomic E-state index is 5.54. The highest BCUT2D eigenvalue weighted by atomic mass is 16.5. The zero-order chi connectivity index (χ0) is 15.2. The zero-order valence-electron chi connectivity index (χ0n) is 13.3. The van der Waals surface area contributed by atoms with E-state index in [-0.39, 0.29) is 6.04 Å². The number of methoxy groups -OCH3 is 1. The lowest BCUT2D eigenvalue weighted by Crippen LogP contribution is -2.25. The number of rotatable bonds is 7. The number of aromatic nitrogens is 3. The number of benzene rings is 1. The van der Waals surface area contributed by atoms with E-state index in [0.717, 1.165) is 36.5 Å². The molecular formula is C16H24N4O. The van der Waals surface area contributed by atoms with Crippen LogP contribution >= 0.6 is 0 Å². The Morgan fingerprint density at radius 3 is 2.81 bits per heavy atom. The van der Waals surface area contributed by atoms with Crippen molar-refractivity contribution in [3.63, 3.8) is 0 Å². The molecular weight excluding hydrogens is 264 g/mol. The molecule has 114 valence electrons. The molecule has 1 atom stereocenters. The van der Waals surface area contributed by atoms with Crippen molar-refractivity contribution in [3.05, 3.63) is 41.2 Å². The summed E-state index contributed by atoms with van der Waals surface area (Å²) in [4.78, 5) is 0. The van der Waals surface area contributed by atoms with Crippen molar-refractivity contribution in [2.45, 2.75) is 39.8 Å². The highest BCUT2D eigenvalue weighted by Gasteiger charge is 2.21. The largest absolute Gasteiger partial charge is 0.496 e. The van der Waals surface area contributed by atoms with Crippen LogP contribution in [0.4, 0.5) is 0 Å². The van der Waals surface area contributed by atoms with E-state index >= 15 is 0 Å². The molecule has 5 nitrogen and oxygen atoms in total. The monoisotopic (exact) mass is 288 g/mol. The summed E-state index contributed by atoms with van der Waals surface area (Å²) in [6.45, 7) is 8.06. The SMILES string of the molecule is CCCn1nncc1C(NCC)c1cc(C)ccc1OC. The number of hydrogen-bond donors (Lipinski definition) is 1. The van der Waals surface area contributed by atoms with Crippen LogP contribution in [0.3, 0.4) is 0 Å². The van der Waals surface area contributed by atoms with E-state index in [0.29, 0.717) is 0 Å². The van der Waals surface area contributed by atoms with Gasteiger partial charge in [-0.3, -0.25) is 0 Å².